The van der Waals surface area contributed by atoms with Crippen LogP contribution in [0.3, 0.4) is 0 Å². The lowest BCUT2D eigenvalue weighted by Gasteiger charge is -2.16. The number of hydrogen-bond acceptors (Lipinski definition) is 4. The zero-order valence-electron chi connectivity index (χ0n) is 14.9. The van der Waals surface area contributed by atoms with Crippen molar-refractivity contribution in [1.29, 1.82) is 0 Å². The standard InChI is InChI=1S/C20H20ClN3OS/c1-20(2,3)17(25)13-26-19-23-22-18(14-7-5-4-6-8-14)24(19)16-11-9-15(21)10-12-16/h4-12H,13H2,1-3H3. The largest absolute Gasteiger partial charge is 0.298 e. The van der Waals surface area contributed by atoms with Crippen LogP contribution in [0.2, 0.25) is 5.02 Å². The lowest BCUT2D eigenvalue weighted by atomic mass is 9.92. The molecule has 0 unspecified atom stereocenters. The average molecular weight is 386 g/mol. The second-order valence-electron chi connectivity index (χ2n) is 6.95. The smallest absolute Gasteiger partial charge is 0.196 e. The van der Waals surface area contributed by atoms with Crippen molar-refractivity contribution in [3.8, 4) is 17.1 Å². The number of aromatic nitrogens is 3. The van der Waals surface area contributed by atoms with Gasteiger partial charge in [0.25, 0.3) is 0 Å². The average Bonchev–Trinajstić information content (AvgIpc) is 3.04. The van der Waals surface area contributed by atoms with Crippen molar-refractivity contribution in [2.45, 2.75) is 25.9 Å². The van der Waals surface area contributed by atoms with E-state index in [1.54, 1.807) is 0 Å². The van der Waals surface area contributed by atoms with Crippen LogP contribution in [0.25, 0.3) is 17.1 Å². The summed E-state index contributed by atoms with van der Waals surface area (Å²) in [5, 5.41) is 10.1. The molecule has 1 aromatic heterocycles. The van der Waals surface area contributed by atoms with Gasteiger partial charge in [-0.3, -0.25) is 9.36 Å². The summed E-state index contributed by atoms with van der Waals surface area (Å²) < 4.78 is 1.96. The number of nitrogens with zero attached hydrogens (tertiary/aromatic N) is 3. The summed E-state index contributed by atoms with van der Waals surface area (Å²) in [7, 11) is 0. The highest BCUT2D eigenvalue weighted by atomic mass is 35.5. The number of carbonyl (C=O) groups excluding carboxylic acids is 1. The van der Waals surface area contributed by atoms with E-state index in [1.807, 2.05) is 79.9 Å². The Labute approximate surface area is 162 Å². The third-order valence-corrected chi connectivity index (χ3v) is 5.10. The van der Waals surface area contributed by atoms with Gasteiger partial charge in [0.1, 0.15) is 5.78 Å². The second-order valence-corrected chi connectivity index (χ2v) is 8.32. The molecule has 4 nitrogen and oxygen atoms in total. The van der Waals surface area contributed by atoms with Gasteiger partial charge in [0, 0.05) is 21.7 Å². The number of ketones is 1. The summed E-state index contributed by atoms with van der Waals surface area (Å²) in [5.41, 5.74) is 1.49. The maximum atomic E-state index is 12.3. The summed E-state index contributed by atoms with van der Waals surface area (Å²) in [6.07, 6.45) is 0. The zero-order valence-corrected chi connectivity index (χ0v) is 16.5. The van der Waals surface area contributed by atoms with Crippen molar-refractivity contribution < 1.29 is 4.79 Å². The molecule has 0 N–H and O–H groups in total. The molecular formula is C20H20ClN3OS. The van der Waals surface area contributed by atoms with Crippen LogP contribution in [0, 0.1) is 5.41 Å². The molecule has 0 spiro atoms. The number of hydrogen-bond donors (Lipinski definition) is 0. The van der Waals surface area contributed by atoms with Gasteiger partial charge in [0.2, 0.25) is 0 Å². The van der Waals surface area contributed by atoms with Gasteiger partial charge in [-0.05, 0) is 24.3 Å². The molecule has 0 aliphatic carbocycles. The van der Waals surface area contributed by atoms with Gasteiger partial charge in [0.05, 0.1) is 5.75 Å². The second kappa shape index (κ2) is 7.64. The van der Waals surface area contributed by atoms with Crippen LogP contribution in [0.5, 0.6) is 0 Å². The minimum absolute atomic E-state index is 0.175. The number of rotatable bonds is 5. The van der Waals surface area contributed by atoms with Crippen LogP contribution in [0.1, 0.15) is 20.8 Å². The lowest BCUT2D eigenvalue weighted by molar-refractivity contribution is -0.123. The third kappa shape index (κ3) is 4.17. The molecule has 134 valence electrons. The van der Waals surface area contributed by atoms with Crippen LogP contribution in [0.4, 0.5) is 0 Å². The molecule has 0 amide bonds. The van der Waals surface area contributed by atoms with Crippen LogP contribution in [-0.4, -0.2) is 26.3 Å². The molecule has 0 saturated carbocycles. The van der Waals surface area contributed by atoms with E-state index in [-0.39, 0.29) is 11.2 Å². The third-order valence-electron chi connectivity index (χ3n) is 3.92. The molecule has 6 heteroatoms. The Morgan fingerprint density at radius 3 is 2.31 bits per heavy atom. The first-order chi connectivity index (χ1) is 12.4. The van der Waals surface area contributed by atoms with E-state index < -0.39 is 0 Å². The van der Waals surface area contributed by atoms with Crippen LogP contribution < -0.4 is 0 Å². The Hall–Kier alpha value is -2.11. The van der Waals surface area contributed by atoms with Gasteiger partial charge in [-0.15, -0.1) is 10.2 Å². The number of Topliss-reactive ketones (excluding diaryl/α,β-unsaturated/α-hetero) is 1. The maximum absolute atomic E-state index is 12.3. The van der Waals surface area contributed by atoms with E-state index in [9.17, 15) is 4.79 Å². The van der Waals surface area contributed by atoms with Crippen LogP contribution in [0.15, 0.2) is 59.8 Å². The first-order valence-electron chi connectivity index (χ1n) is 8.29. The normalized spacial score (nSPS) is 11.5. The van der Waals surface area contributed by atoms with E-state index in [0.29, 0.717) is 15.9 Å². The fraction of sp³-hybridized carbons (Fsp3) is 0.250. The molecular weight excluding hydrogens is 366 g/mol. The minimum Gasteiger partial charge on any atom is -0.298 e. The summed E-state index contributed by atoms with van der Waals surface area (Å²) >= 11 is 7.44. The van der Waals surface area contributed by atoms with Gasteiger partial charge >= 0.3 is 0 Å². The number of thioether (sulfide) groups is 1. The quantitative estimate of drug-likeness (QED) is 0.559. The Balaban J connectivity index is 2.01. The van der Waals surface area contributed by atoms with Gasteiger partial charge < -0.3 is 0 Å². The molecule has 3 aromatic rings. The highest BCUT2D eigenvalue weighted by molar-refractivity contribution is 7.99. The van der Waals surface area contributed by atoms with Crippen molar-refractivity contribution >= 4 is 29.1 Å². The highest BCUT2D eigenvalue weighted by Gasteiger charge is 2.23. The Bertz CT molecular complexity index is 899. The number of carbonyl (C=O) groups is 1. The SMILES string of the molecule is CC(C)(C)C(=O)CSc1nnc(-c2ccccc2)n1-c1ccc(Cl)cc1. The predicted molar refractivity (Wildman–Crippen MR) is 107 cm³/mol. The molecule has 0 aliphatic rings. The molecule has 26 heavy (non-hydrogen) atoms. The molecule has 0 atom stereocenters. The summed E-state index contributed by atoms with van der Waals surface area (Å²) in [6, 6.07) is 17.4. The van der Waals surface area contributed by atoms with Crippen molar-refractivity contribution in [3.63, 3.8) is 0 Å². The monoisotopic (exact) mass is 385 g/mol. The molecule has 0 saturated heterocycles. The summed E-state index contributed by atoms with van der Waals surface area (Å²) in [5.74, 6) is 1.26. The highest BCUT2D eigenvalue weighted by Crippen LogP contribution is 2.29. The fourth-order valence-electron chi connectivity index (χ4n) is 2.31. The molecule has 0 fully saturated rings. The fourth-order valence-corrected chi connectivity index (χ4v) is 3.55. The van der Waals surface area contributed by atoms with Gasteiger partial charge in [-0.25, -0.2) is 0 Å². The first kappa shape index (κ1) is 18.7. The van der Waals surface area contributed by atoms with Gasteiger partial charge in [0.15, 0.2) is 11.0 Å². The van der Waals surface area contributed by atoms with Gasteiger partial charge in [-0.1, -0.05) is 74.5 Å². The molecule has 0 aliphatic heterocycles. The Kier molecular flexibility index (Phi) is 5.49. The molecule has 3 rings (SSSR count). The van der Waals surface area contributed by atoms with E-state index in [2.05, 4.69) is 10.2 Å². The van der Waals surface area contributed by atoms with E-state index in [1.165, 1.54) is 11.8 Å². The van der Waals surface area contributed by atoms with Gasteiger partial charge in [-0.2, -0.15) is 0 Å². The molecule has 1 heterocycles. The Morgan fingerprint density at radius 2 is 1.69 bits per heavy atom. The first-order valence-corrected chi connectivity index (χ1v) is 9.65. The van der Waals surface area contributed by atoms with E-state index >= 15 is 0 Å². The van der Waals surface area contributed by atoms with Crippen molar-refractivity contribution in [1.82, 2.24) is 14.8 Å². The van der Waals surface area contributed by atoms with E-state index in [0.717, 1.165) is 17.1 Å². The number of benzene rings is 2. The topological polar surface area (TPSA) is 47.8 Å². The minimum atomic E-state index is -0.375. The molecule has 0 radical (unpaired) electrons. The number of halogens is 1. The van der Waals surface area contributed by atoms with Crippen molar-refractivity contribution in [2.75, 3.05) is 5.75 Å². The zero-order chi connectivity index (χ0) is 18.7. The predicted octanol–water partition coefficient (Wildman–Crippen LogP) is 5.30. The lowest BCUT2D eigenvalue weighted by Crippen LogP contribution is -2.22. The molecule has 2 aromatic carbocycles. The summed E-state index contributed by atoms with van der Waals surface area (Å²) in [6.45, 7) is 5.78. The van der Waals surface area contributed by atoms with Crippen molar-refractivity contribution in [3.05, 3.63) is 59.6 Å². The Morgan fingerprint density at radius 1 is 1.04 bits per heavy atom. The molecule has 0 bridgehead atoms. The maximum Gasteiger partial charge on any atom is 0.196 e. The van der Waals surface area contributed by atoms with Crippen LogP contribution >= 0.6 is 23.4 Å². The van der Waals surface area contributed by atoms with Crippen LogP contribution in [-0.2, 0) is 4.79 Å². The van der Waals surface area contributed by atoms with E-state index in [4.69, 9.17) is 11.6 Å². The summed E-state index contributed by atoms with van der Waals surface area (Å²) in [4.78, 5) is 12.3. The van der Waals surface area contributed by atoms with Crippen molar-refractivity contribution in [2.24, 2.45) is 5.41 Å².